The zero-order valence-electron chi connectivity index (χ0n) is 12.2. The number of ether oxygens (including phenoxy) is 1. The first-order valence-electron chi connectivity index (χ1n) is 6.30. The molecule has 0 aliphatic carbocycles. The van der Waals surface area contributed by atoms with Crippen LogP contribution in [0, 0.1) is 17.6 Å². The van der Waals surface area contributed by atoms with Gasteiger partial charge in [0, 0.05) is 16.9 Å². The van der Waals surface area contributed by atoms with E-state index in [0.29, 0.717) is 6.07 Å². The standard InChI is InChI=1S/C14H17F2NO3S/c1-7(2)13(18)17-11-6-12(10(16)5-9(11)15)21-8(3)14(19)20-4/h5-8H,1-4H3,(H,17,18). The molecule has 1 aromatic carbocycles. The summed E-state index contributed by atoms with van der Waals surface area (Å²) < 4.78 is 31.9. The van der Waals surface area contributed by atoms with Gasteiger partial charge < -0.3 is 10.1 Å². The van der Waals surface area contributed by atoms with Crippen molar-refractivity contribution in [2.24, 2.45) is 5.92 Å². The highest BCUT2D eigenvalue weighted by molar-refractivity contribution is 8.00. The first-order valence-corrected chi connectivity index (χ1v) is 7.18. The number of thioether (sulfide) groups is 1. The van der Waals surface area contributed by atoms with E-state index in [2.05, 4.69) is 10.1 Å². The van der Waals surface area contributed by atoms with Gasteiger partial charge in [0.15, 0.2) is 0 Å². The molecule has 0 aliphatic heterocycles. The van der Waals surface area contributed by atoms with E-state index in [9.17, 15) is 18.4 Å². The Hall–Kier alpha value is -1.63. The molecule has 1 unspecified atom stereocenters. The second-order valence-corrected chi connectivity index (χ2v) is 6.07. The summed E-state index contributed by atoms with van der Waals surface area (Å²) in [5.41, 5.74) is -0.116. The summed E-state index contributed by atoms with van der Waals surface area (Å²) in [4.78, 5) is 23.0. The Morgan fingerprint density at radius 3 is 2.33 bits per heavy atom. The molecule has 0 spiro atoms. The molecule has 1 rings (SSSR count). The number of hydrogen-bond acceptors (Lipinski definition) is 4. The predicted octanol–water partition coefficient (Wildman–Crippen LogP) is 3.21. The van der Waals surface area contributed by atoms with Crippen LogP contribution in [-0.2, 0) is 14.3 Å². The van der Waals surface area contributed by atoms with E-state index in [-0.39, 0.29) is 22.4 Å². The fraction of sp³-hybridized carbons (Fsp3) is 0.429. The fourth-order valence-corrected chi connectivity index (χ4v) is 2.33. The van der Waals surface area contributed by atoms with Crippen molar-refractivity contribution in [3.63, 3.8) is 0 Å². The zero-order chi connectivity index (χ0) is 16.2. The van der Waals surface area contributed by atoms with Crippen LogP contribution in [0.4, 0.5) is 14.5 Å². The molecule has 1 aromatic rings. The van der Waals surface area contributed by atoms with Crippen LogP contribution in [-0.4, -0.2) is 24.2 Å². The topological polar surface area (TPSA) is 55.4 Å². The summed E-state index contributed by atoms with van der Waals surface area (Å²) >= 11 is 0.894. The Morgan fingerprint density at radius 2 is 1.81 bits per heavy atom. The minimum atomic E-state index is -0.864. The van der Waals surface area contributed by atoms with Gasteiger partial charge in [-0.05, 0) is 13.0 Å². The Bertz CT molecular complexity index is 549. The highest BCUT2D eigenvalue weighted by Gasteiger charge is 2.19. The monoisotopic (exact) mass is 317 g/mol. The van der Waals surface area contributed by atoms with E-state index >= 15 is 0 Å². The molecular formula is C14H17F2NO3S. The van der Waals surface area contributed by atoms with Gasteiger partial charge in [-0.25, -0.2) is 8.78 Å². The third kappa shape index (κ3) is 4.70. The van der Waals surface area contributed by atoms with E-state index in [1.807, 2.05) is 0 Å². The van der Waals surface area contributed by atoms with Gasteiger partial charge in [0.05, 0.1) is 12.8 Å². The van der Waals surface area contributed by atoms with E-state index in [1.165, 1.54) is 13.2 Å². The number of benzene rings is 1. The molecular weight excluding hydrogens is 300 g/mol. The van der Waals surface area contributed by atoms with Gasteiger partial charge in [-0.15, -0.1) is 11.8 Å². The van der Waals surface area contributed by atoms with Crippen LogP contribution in [0.1, 0.15) is 20.8 Å². The predicted molar refractivity (Wildman–Crippen MR) is 77.2 cm³/mol. The minimum absolute atomic E-state index is 0.0633. The van der Waals surface area contributed by atoms with Crippen LogP contribution in [0.3, 0.4) is 0 Å². The summed E-state index contributed by atoms with van der Waals surface area (Å²) in [6.45, 7) is 4.86. The van der Waals surface area contributed by atoms with Crippen LogP contribution < -0.4 is 5.32 Å². The maximum Gasteiger partial charge on any atom is 0.318 e. The SMILES string of the molecule is COC(=O)C(C)Sc1cc(NC(=O)C(C)C)c(F)cc1F. The van der Waals surface area contributed by atoms with E-state index in [1.54, 1.807) is 20.8 Å². The molecule has 4 nitrogen and oxygen atoms in total. The Kier molecular flexibility index (Phi) is 6.14. The normalized spacial score (nSPS) is 12.1. The number of methoxy groups -OCH3 is 1. The summed E-state index contributed by atoms with van der Waals surface area (Å²) in [6.07, 6.45) is 0. The molecule has 1 atom stereocenters. The van der Waals surface area contributed by atoms with Crippen molar-refractivity contribution in [3.8, 4) is 0 Å². The molecule has 0 saturated heterocycles. The molecule has 21 heavy (non-hydrogen) atoms. The summed E-state index contributed by atoms with van der Waals surface area (Å²) in [5, 5.41) is 1.73. The molecule has 0 fully saturated rings. The third-order valence-electron chi connectivity index (χ3n) is 2.64. The highest BCUT2D eigenvalue weighted by Crippen LogP contribution is 2.31. The van der Waals surface area contributed by atoms with Gasteiger partial charge >= 0.3 is 5.97 Å². The first-order chi connectivity index (χ1) is 9.76. The average molecular weight is 317 g/mol. The van der Waals surface area contributed by atoms with Crippen LogP contribution in [0.25, 0.3) is 0 Å². The number of rotatable bonds is 5. The smallest absolute Gasteiger partial charge is 0.318 e. The maximum absolute atomic E-state index is 13.7. The lowest BCUT2D eigenvalue weighted by Gasteiger charge is -2.13. The maximum atomic E-state index is 13.7. The highest BCUT2D eigenvalue weighted by atomic mass is 32.2. The van der Waals surface area contributed by atoms with Crippen molar-refractivity contribution in [2.75, 3.05) is 12.4 Å². The lowest BCUT2D eigenvalue weighted by molar-refractivity contribution is -0.139. The van der Waals surface area contributed by atoms with Crippen LogP contribution in [0.5, 0.6) is 0 Å². The number of anilines is 1. The van der Waals surface area contributed by atoms with Crippen molar-refractivity contribution in [3.05, 3.63) is 23.8 Å². The van der Waals surface area contributed by atoms with Gasteiger partial charge in [-0.1, -0.05) is 13.8 Å². The number of hydrogen-bond donors (Lipinski definition) is 1. The number of carbonyl (C=O) groups excluding carboxylic acids is 2. The number of carbonyl (C=O) groups is 2. The lowest BCUT2D eigenvalue weighted by Crippen LogP contribution is -2.19. The minimum Gasteiger partial charge on any atom is -0.468 e. The molecule has 7 heteroatoms. The van der Waals surface area contributed by atoms with Crippen molar-refractivity contribution in [1.29, 1.82) is 0 Å². The summed E-state index contributed by atoms with van der Waals surface area (Å²) in [5.74, 6) is -2.89. The molecule has 1 N–H and O–H groups in total. The Labute approximate surface area is 126 Å². The zero-order valence-corrected chi connectivity index (χ0v) is 13.0. The van der Waals surface area contributed by atoms with E-state index in [0.717, 1.165) is 11.8 Å². The molecule has 0 aliphatic rings. The quantitative estimate of drug-likeness (QED) is 0.669. The van der Waals surface area contributed by atoms with Gasteiger partial charge in [0.1, 0.15) is 16.9 Å². The Balaban J connectivity index is 3.00. The molecule has 0 aromatic heterocycles. The molecule has 0 heterocycles. The van der Waals surface area contributed by atoms with Gasteiger partial charge in [0.25, 0.3) is 0 Å². The second-order valence-electron chi connectivity index (χ2n) is 4.69. The molecule has 1 amide bonds. The molecule has 0 radical (unpaired) electrons. The fourth-order valence-electron chi connectivity index (χ4n) is 1.40. The van der Waals surface area contributed by atoms with Gasteiger partial charge in [-0.3, -0.25) is 9.59 Å². The average Bonchev–Trinajstić information content (AvgIpc) is 2.42. The van der Waals surface area contributed by atoms with Gasteiger partial charge in [0.2, 0.25) is 5.91 Å². The molecule has 0 saturated carbocycles. The van der Waals surface area contributed by atoms with Crippen molar-refractivity contribution in [2.45, 2.75) is 30.9 Å². The lowest BCUT2D eigenvalue weighted by atomic mass is 10.2. The van der Waals surface area contributed by atoms with E-state index in [4.69, 9.17) is 0 Å². The molecule has 116 valence electrons. The van der Waals surface area contributed by atoms with E-state index < -0.39 is 22.9 Å². The number of nitrogens with one attached hydrogen (secondary N) is 1. The number of amides is 1. The van der Waals surface area contributed by atoms with Gasteiger partial charge in [-0.2, -0.15) is 0 Å². The second kappa shape index (κ2) is 7.40. The van der Waals surface area contributed by atoms with Crippen LogP contribution >= 0.6 is 11.8 Å². The van der Waals surface area contributed by atoms with Crippen molar-refractivity contribution >= 4 is 29.3 Å². The van der Waals surface area contributed by atoms with Crippen molar-refractivity contribution < 1.29 is 23.1 Å². The largest absolute Gasteiger partial charge is 0.468 e. The number of halogens is 2. The summed E-state index contributed by atoms with van der Waals surface area (Å²) in [6, 6.07) is 1.86. The first kappa shape index (κ1) is 17.4. The Morgan fingerprint density at radius 1 is 1.19 bits per heavy atom. The van der Waals surface area contributed by atoms with Crippen molar-refractivity contribution in [1.82, 2.24) is 0 Å². The number of esters is 1. The third-order valence-corrected chi connectivity index (χ3v) is 3.75. The van der Waals surface area contributed by atoms with Crippen LogP contribution in [0.15, 0.2) is 17.0 Å². The molecule has 0 bridgehead atoms. The van der Waals surface area contributed by atoms with Crippen LogP contribution in [0.2, 0.25) is 0 Å². The summed E-state index contributed by atoms with van der Waals surface area (Å²) in [7, 11) is 1.23.